The van der Waals surface area contributed by atoms with Crippen LogP contribution < -0.4 is 10.1 Å². The molecule has 1 N–H and O–H groups in total. The van der Waals surface area contributed by atoms with E-state index in [4.69, 9.17) is 4.74 Å². The number of benzene rings is 1. The number of ether oxygens (including phenoxy) is 1. The van der Waals surface area contributed by atoms with Gasteiger partial charge in [-0.15, -0.1) is 0 Å². The third-order valence-corrected chi connectivity index (χ3v) is 5.79. The number of hydrogen-bond donors (Lipinski definition) is 1. The Balaban J connectivity index is 0.00000280. The molecule has 6 nitrogen and oxygen atoms in total. The number of rotatable bonds is 5. The van der Waals surface area contributed by atoms with Gasteiger partial charge in [0.15, 0.2) is 11.6 Å². The van der Waals surface area contributed by atoms with Crippen molar-refractivity contribution in [3.8, 4) is 5.75 Å². The van der Waals surface area contributed by atoms with Crippen LogP contribution in [-0.2, 0) is 20.8 Å². The number of allylic oxidation sites excluding steroid dienone is 3. The van der Waals surface area contributed by atoms with Crippen molar-refractivity contribution in [2.75, 3.05) is 6.61 Å². The Morgan fingerprint density at radius 2 is 1.54 bits per heavy atom. The van der Waals surface area contributed by atoms with Gasteiger partial charge < -0.3 is 4.74 Å². The normalized spacial score (nSPS) is 19.8. The van der Waals surface area contributed by atoms with Crippen molar-refractivity contribution in [1.29, 1.82) is 0 Å². The van der Waals surface area contributed by atoms with Crippen LogP contribution in [0.15, 0.2) is 46.6 Å². The van der Waals surface area contributed by atoms with Crippen LogP contribution in [-0.4, -0.2) is 64.1 Å². The molecule has 0 bridgehead atoms. The predicted molar refractivity (Wildman–Crippen MR) is 107 cm³/mol. The Hall–Kier alpha value is -1.67. The van der Waals surface area contributed by atoms with E-state index in [0.29, 0.717) is 34.5 Å². The summed E-state index contributed by atoms with van der Waals surface area (Å²) in [5, 5.41) is 1.53. The maximum atomic E-state index is 12.4. The third kappa shape index (κ3) is 4.66. The number of ketones is 2. The molecule has 0 spiro atoms. The fraction of sp³-hybridized carbons (Fsp3) is 0.300. The minimum atomic E-state index is -0.416. The fourth-order valence-electron chi connectivity index (χ4n) is 2.95. The van der Waals surface area contributed by atoms with Gasteiger partial charge in [0.2, 0.25) is 5.91 Å². The zero-order valence-corrected chi connectivity index (χ0v) is 19.1. The summed E-state index contributed by atoms with van der Waals surface area (Å²) in [4.78, 5) is 47.4. The van der Waals surface area contributed by atoms with Crippen LogP contribution >= 0.6 is 11.8 Å². The molecule has 2 amide bonds. The van der Waals surface area contributed by atoms with Gasteiger partial charge >= 0.3 is 0 Å². The van der Waals surface area contributed by atoms with Gasteiger partial charge in [0.1, 0.15) is 12.4 Å². The minimum absolute atomic E-state index is 0. The van der Waals surface area contributed by atoms with Crippen LogP contribution in [0.3, 0.4) is 0 Å². The van der Waals surface area contributed by atoms with Gasteiger partial charge in [0.05, 0.1) is 5.25 Å². The van der Waals surface area contributed by atoms with E-state index in [9.17, 15) is 19.2 Å². The predicted octanol–water partition coefficient (Wildman–Crippen LogP) is 2.38. The molecule has 8 heteroatoms. The van der Waals surface area contributed by atoms with Gasteiger partial charge in [-0.2, -0.15) is 0 Å². The van der Waals surface area contributed by atoms with Crippen molar-refractivity contribution < 1.29 is 23.9 Å². The standard InChI is InChI=1S/C20H19NO5S.Na/c1-10-11(2)18(23)15(12(3)17(10)22)9-26-14-6-4-13(5-7-14)8-16-19(24)21-20(25)27-16;/h4-7,16H,8-9H2,1-3H3,(H,21,24,25);. The van der Waals surface area contributed by atoms with Crippen LogP contribution in [0.25, 0.3) is 0 Å². The molecule has 1 aliphatic carbocycles. The molecular formula is C20H19NNaO5S. The molecule has 1 radical (unpaired) electrons. The molecule has 1 atom stereocenters. The van der Waals surface area contributed by atoms with E-state index in [1.54, 1.807) is 32.9 Å². The van der Waals surface area contributed by atoms with Crippen molar-refractivity contribution in [1.82, 2.24) is 5.32 Å². The minimum Gasteiger partial charge on any atom is -0.489 e. The van der Waals surface area contributed by atoms with Gasteiger partial charge in [-0.25, -0.2) is 0 Å². The van der Waals surface area contributed by atoms with Gasteiger partial charge in [0, 0.05) is 51.8 Å². The molecule has 1 fully saturated rings. The Kier molecular flexibility index (Phi) is 7.45. The molecular weight excluding hydrogens is 389 g/mol. The number of amides is 2. The van der Waals surface area contributed by atoms with Crippen molar-refractivity contribution >= 4 is 64.0 Å². The number of hydrogen-bond acceptors (Lipinski definition) is 6. The number of nitrogens with one attached hydrogen (secondary N) is 1. The Morgan fingerprint density at radius 3 is 2.11 bits per heavy atom. The van der Waals surface area contributed by atoms with Gasteiger partial charge in [0.25, 0.3) is 5.24 Å². The summed E-state index contributed by atoms with van der Waals surface area (Å²) in [6.45, 7) is 4.98. The second-order valence-electron chi connectivity index (χ2n) is 6.53. The summed E-state index contributed by atoms with van der Waals surface area (Å²) < 4.78 is 5.69. The second kappa shape index (κ2) is 9.22. The Bertz CT molecular complexity index is 917. The smallest absolute Gasteiger partial charge is 0.286 e. The first-order valence-electron chi connectivity index (χ1n) is 8.47. The van der Waals surface area contributed by atoms with Gasteiger partial charge in [-0.05, 0) is 44.9 Å². The quantitative estimate of drug-likeness (QED) is 0.594. The van der Waals surface area contributed by atoms with E-state index >= 15 is 0 Å². The summed E-state index contributed by atoms with van der Waals surface area (Å²) in [7, 11) is 0. The first kappa shape index (κ1) is 22.6. The zero-order chi connectivity index (χ0) is 19.7. The van der Waals surface area contributed by atoms with E-state index in [2.05, 4.69) is 5.32 Å². The maximum Gasteiger partial charge on any atom is 0.286 e. The molecule has 141 valence electrons. The SMILES string of the molecule is CC1=C(C)C(=O)C(COc2ccc(CC3SC(=O)NC3=O)cc2)=C(C)C1=O.[Na]. The summed E-state index contributed by atoms with van der Waals surface area (Å²) >= 11 is 0.992. The number of carbonyl (C=O) groups is 4. The zero-order valence-electron chi connectivity index (χ0n) is 16.3. The summed E-state index contributed by atoms with van der Waals surface area (Å²) in [5.41, 5.74) is 2.65. The van der Waals surface area contributed by atoms with Crippen LogP contribution in [0, 0.1) is 0 Å². The monoisotopic (exact) mass is 408 g/mol. The summed E-state index contributed by atoms with van der Waals surface area (Å²) in [6.07, 6.45) is 0.447. The molecule has 28 heavy (non-hydrogen) atoms. The van der Waals surface area contributed by atoms with Crippen molar-refractivity contribution in [3.05, 3.63) is 52.1 Å². The third-order valence-electron chi connectivity index (χ3n) is 4.81. The number of imide groups is 1. The van der Waals surface area contributed by atoms with Crippen LogP contribution in [0.5, 0.6) is 5.75 Å². The van der Waals surface area contributed by atoms with Gasteiger partial charge in [-0.1, -0.05) is 23.9 Å². The average molecular weight is 408 g/mol. The Labute approximate surface area is 189 Å². The van der Waals surface area contributed by atoms with E-state index in [0.717, 1.165) is 17.3 Å². The Morgan fingerprint density at radius 1 is 0.929 bits per heavy atom. The summed E-state index contributed by atoms with van der Waals surface area (Å²) in [6, 6.07) is 7.12. The first-order chi connectivity index (χ1) is 12.8. The van der Waals surface area contributed by atoms with Crippen molar-refractivity contribution in [2.24, 2.45) is 0 Å². The van der Waals surface area contributed by atoms with Crippen molar-refractivity contribution in [3.63, 3.8) is 0 Å². The van der Waals surface area contributed by atoms with E-state index in [-0.39, 0.29) is 58.9 Å². The number of thioether (sulfide) groups is 1. The topological polar surface area (TPSA) is 89.5 Å². The first-order valence-corrected chi connectivity index (χ1v) is 9.35. The van der Waals surface area contributed by atoms with Crippen LogP contribution in [0.2, 0.25) is 0 Å². The van der Waals surface area contributed by atoms with E-state index < -0.39 is 5.25 Å². The molecule has 0 aromatic heterocycles. The number of Topliss-reactive ketones (excluding diaryl/α,β-unsaturated/α-hetero) is 2. The molecule has 1 aliphatic heterocycles. The van der Waals surface area contributed by atoms with Crippen LogP contribution in [0.1, 0.15) is 26.3 Å². The molecule has 1 heterocycles. The number of carbonyl (C=O) groups excluding carboxylic acids is 4. The maximum absolute atomic E-state index is 12.4. The summed E-state index contributed by atoms with van der Waals surface area (Å²) in [5.74, 6) is 0.00728. The van der Waals surface area contributed by atoms with Crippen LogP contribution in [0.4, 0.5) is 4.79 Å². The second-order valence-corrected chi connectivity index (χ2v) is 7.71. The van der Waals surface area contributed by atoms with E-state index in [1.165, 1.54) is 0 Å². The molecule has 1 saturated heterocycles. The average Bonchev–Trinajstić information content (AvgIpc) is 2.96. The molecule has 1 aromatic rings. The molecule has 0 saturated carbocycles. The fourth-order valence-corrected chi connectivity index (χ4v) is 3.81. The van der Waals surface area contributed by atoms with Gasteiger partial charge in [-0.3, -0.25) is 24.5 Å². The molecule has 3 rings (SSSR count). The van der Waals surface area contributed by atoms with Crippen molar-refractivity contribution in [2.45, 2.75) is 32.4 Å². The largest absolute Gasteiger partial charge is 0.489 e. The molecule has 1 unspecified atom stereocenters. The molecule has 2 aliphatic rings. The van der Waals surface area contributed by atoms with E-state index in [1.807, 2.05) is 12.1 Å². The molecule has 1 aromatic carbocycles.